The van der Waals surface area contributed by atoms with Gasteiger partial charge < -0.3 is 19.7 Å². The Morgan fingerprint density at radius 1 is 1.48 bits per heavy atom. The van der Waals surface area contributed by atoms with Crippen molar-refractivity contribution in [3.8, 4) is 0 Å². The van der Waals surface area contributed by atoms with E-state index in [0.29, 0.717) is 36.8 Å². The van der Waals surface area contributed by atoms with E-state index in [4.69, 9.17) is 9.52 Å². The van der Waals surface area contributed by atoms with Crippen LogP contribution in [0.3, 0.4) is 0 Å². The third-order valence-electron chi connectivity index (χ3n) is 3.92. The van der Waals surface area contributed by atoms with E-state index >= 15 is 0 Å². The molecule has 0 radical (unpaired) electrons. The molecular formula is C16H17N3O5S. The van der Waals surface area contributed by atoms with Crippen LogP contribution in [0.15, 0.2) is 28.2 Å². The predicted octanol–water partition coefficient (Wildman–Crippen LogP) is 1.14. The zero-order chi connectivity index (χ0) is 17.8. The zero-order valence-corrected chi connectivity index (χ0v) is 14.1. The second-order valence-corrected chi connectivity index (χ2v) is 6.67. The Bertz CT molecular complexity index is 771. The van der Waals surface area contributed by atoms with Gasteiger partial charge in [0.2, 0.25) is 11.8 Å². The van der Waals surface area contributed by atoms with Gasteiger partial charge in [-0.2, -0.15) is 0 Å². The maximum absolute atomic E-state index is 12.2. The number of nitrogens with one attached hydrogen (secondary N) is 1. The maximum Gasteiger partial charge on any atom is 0.355 e. The van der Waals surface area contributed by atoms with E-state index in [1.165, 1.54) is 16.7 Å². The highest BCUT2D eigenvalue weighted by Crippen LogP contribution is 2.20. The summed E-state index contributed by atoms with van der Waals surface area (Å²) in [5.74, 6) is -0.999. The number of hydrogen-bond donors (Lipinski definition) is 2. The molecule has 2 aromatic heterocycles. The number of rotatable bonds is 7. The molecule has 3 heterocycles. The van der Waals surface area contributed by atoms with Crippen LogP contribution < -0.4 is 5.32 Å². The Balaban J connectivity index is 1.45. The standard InChI is InChI=1S/C16H17N3O5S/c20-14-6-10(7-19(14)8-11-2-1-5-24-11)15(21)17-4-3-13-18-12(9-25-13)16(22)23/h1-2,5,9-10H,3-4,6-8H2,(H,17,21)(H,22,23). The summed E-state index contributed by atoms with van der Waals surface area (Å²) in [5, 5.41) is 13.7. The normalized spacial score (nSPS) is 17.0. The first-order valence-corrected chi connectivity index (χ1v) is 8.66. The summed E-state index contributed by atoms with van der Waals surface area (Å²) >= 11 is 1.25. The average Bonchev–Trinajstić information content (AvgIpc) is 3.30. The Labute approximate surface area is 147 Å². The lowest BCUT2D eigenvalue weighted by molar-refractivity contribution is -0.129. The maximum atomic E-state index is 12.2. The van der Waals surface area contributed by atoms with E-state index in [1.54, 1.807) is 23.3 Å². The molecule has 1 atom stereocenters. The van der Waals surface area contributed by atoms with Gasteiger partial charge in [0.05, 0.1) is 23.7 Å². The number of hydrogen-bond acceptors (Lipinski definition) is 6. The van der Waals surface area contributed by atoms with Crippen LogP contribution in [-0.2, 0) is 22.6 Å². The fourth-order valence-corrected chi connectivity index (χ4v) is 3.42. The highest BCUT2D eigenvalue weighted by molar-refractivity contribution is 7.09. The first kappa shape index (κ1) is 17.2. The largest absolute Gasteiger partial charge is 0.476 e. The van der Waals surface area contributed by atoms with Crippen molar-refractivity contribution in [2.24, 2.45) is 5.92 Å². The van der Waals surface area contributed by atoms with Crippen molar-refractivity contribution in [1.29, 1.82) is 0 Å². The molecule has 3 rings (SSSR count). The molecule has 0 bridgehead atoms. The van der Waals surface area contributed by atoms with Crippen LogP contribution in [0.5, 0.6) is 0 Å². The van der Waals surface area contributed by atoms with Crippen LogP contribution in [-0.4, -0.2) is 45.9 Å². The molecule has 0 aromatic carbocycles. The molecule has 2 amide bonds. The fourth-order valence-electron chi connectivity index (χ4n) is 2.65. The molecule has 25 heavy (non-hydrogen) atoms. The summed E-state index contributed by atoms with van der Waals surface area (Å²) in [5.41, 5.74) is 0.0151. The van der Waals surface area contributed by atoms with Gasteiger partial charge in [-0.1, -0.05) is 0 Å². The number of likely N-dealkylation sites (tertiary alicyclic amines) is 1. The lowest BCUT2D eigenvalue weighted by atomic mass is 10.1. The minimum absolute atomic E-state index is 0.0151. The van der Waals surface area contributed by atoms with Gasteiger partial charge >= 0.3 is 5.97 Å². The van der Waals surface area contributed by atoms with Gasteiger partial charge in [0, 0.05) is 31.3 Å². The van der Waals surface area contributed by atoms with Crippen molar-refractivity contribution in [3.05, 3.63) is 40.2 Å². The zero-order valence-electron chi connectivity index (χ0n) is 13.3. The molecule has 1 saturated heterocycles. The highest BCUT2D eigenvalue weighted by atomic mass is 32.1. The molecule has 132 valence electrons. The topological polar surface area (TPSA) is 113 Å². The summed E-state index contributed by atoms with van der Waals surface area (Å²) in [6, 6.07) is 3.55. The summed E-state index contributed by atoms with van der Waals surface area (Å²) < 4.78 is 5.23. The molecule has 0 aliphatic carbocycles. The van der Waals surface area contributed by atoms with E-state index < -0.39 is 5.97 Å². The van der Waals surface area contributed by atoms with Gasteiger partial charge in [0.1, 0.15) is 5.76 Å². The molecule has 2 aromatic rings. The predicted molar refractivity (Wildman–Crippen MR) is 88.0 cm³/mol. The Hall–Kier alpha value is -2.68. The minimum Gasteiger partial charge on any atom is -0.476 e. The van der Waals surface area contributed by atoms with Crippen molar-refractivity contribution in [1.82, 2.24) is 15.2 Å². The van der Waals surface area contributed by atoms with Crippen LogP contribution >= 0.6 is 11.3 Å². The molecule has 0 spiro atoms. The van der Waals surface area contributed by atoms with E-state index in [0.717, 1.165) is 0 Å². The second kappa shape index (κ2) is 7.47. The quantitative estimate of drug-likeness (QED) is 0.763. The molecule has 2 N–H and O–H groups in total. The SMILES string of the molecule is O=C(O)c1csc(CCNC(=O)C2CC(=O)N(Cc3ccco3)C2)n1. The van der Waals surface area contributed by atoms with Gasteiger partial charge in [-0.25, -0.2) is 9.78 Å². The third-order valence-corrected chi connectivity index (χ3v) is 4.83. The lowest BCUT2D eigenvalue weighted by Gasteiger charge is -2.15. The fraction of sp³-hybridized carbons (Fsp3) is 0.375. The van der Waals surface area contributed by atoms with Crippen LogP contribution in [0.1, 0.15) is 27.7 Å². The number of carboxylic acid groups (broad SMARTS) is 1. The van der Waals surface area contributed by atoms with Crippen LogP contribution in [0.4, 0.5) is 0 Å². The number of carbonyl (C=O) groups excluding carboxylic acids is 2. The Kier molecular flexibility index (Phi) is 5.13. The first-order valence-electron chi connectivity index (χ1n) is 7.78. The van der Waals surface area contributed by atoms with Crippen LogP contribution in [0.25, 0.3) is 0 Å². The summed E-state index contributed by atoms with van der Waals surface area (Å²) in [7, 11) is 0. The van der Waals surface area contributed by atoms with E-state index in [9.17, 15) is 14.4 Å². The van der Waals surface area contributed by atoms with Crippen molar-refractivity contribution in [3.63, 3.8) is 0 Å². The third kappa shape index (κ3) is 4.24. The molecule has 1 aliphatic heterocycles. The Morgan fingerprint density at radius 2 is 2.32 bits per heavy atom. The van der Waals surface area contributed by atoms with Gasteiger partial charge in [0.15, 0.2) is 5.69 Å². The molecule has 1 aliphatic rings. The number of aromatic nitrogens is 1. The molecular weight excluding hydrogens is 346 g/mol. The van der Waals surface area contributed by atoms with E-state index in [-0.39, 0.29) is 29.8 Å². The Morgan fingerprint density at radius 3 is 3.00 bits per heavy atom. The van der Waals surface area contributed by atoms with Crippen molar-refractivity contribution >= 4 is 29.1 Å². The number of carboxylic acids is 1. The number of nitrogens with zero attached hydrogens (tertiary/aromatic N) is 2. The molecule has 0 saturated carbocycles. The number of aromatic carboxylic acids is 1. The molecule has 1 unspecified atom stereocenters. The van der Waals surface area contributed by atoms with Gasteiger partial charge in [-0.15, -0.1) is 11.3 Å². The first-order chi connectivity index (χ1) is 12.0. The van der Waals surface area contributed by atoms with Gasteiger partial charge in [-0.05, 0) is 12.1 Å². The summed E-state index contributed by atoms with van der Waals surface area (Å²) in [4.78, 5) is 40.6. The van der Waals surface area contributed by atoms with Crippen LogP contribution in [0, 0.1) is 5.92 Å². The number of furan rings is 1. The van der Waals surface area contributed by atoms with Crippen molar-refractivity contribution < 1.29 is 23.9 Å². The number of carbonyl (C=O) groups is 3. The average molecular weight is 363 g/mol. The highest BCUT2D eigenvalue weighted by Gasteiger charge is 2.34. The monoisotopic (exact) mass is 363 g/mol. The van der Waals surface area contributed by atoms with Gasteiger partial charge in [0.25, 0.3) is 0 Å². The minimum atomic E-state index is -1.06. The van der Waals surface area contributed by atoms with Crippen LogP contribution in [0.2, 0.25) is 0 Å². The summed E-state index contributed by atoms with van der Waals surface area (Å²) in [6.07, 6.45) is 2.20. The summed E-state index contributed by atoms with van der Waals surface area (Å²) in [6.45, 7) is 1.09. The smallest absolute Gasteiger partial charge is 0.355 e. The van der Waals surface area contributed by atoms with Crippen molar-refractivity contribution in [2.45, 2.75) is 19.4 Å². The second-order valence-electron chi connectivity index (χ2n) is 5.73. The van der Waals surface area contributed by atoms with E-state index in [2.05, 4.69) is 10.3 Å². The lowest BCUT2D eigenvalue weighted by Crippen LogP contribution is -2.34. The number of thiazole rings is 1. The molecule has 8 nitrogen and oxygen atoms in total. The van der Waals surface area contributed by atoms with E-state index in [1.807, 2.05) is 0 Å². The molecule has 1 fully saturated rings. The molecule has 9 heteroatoms. The number of amides is 2. The van der Waals surface area contributed by atoms with Gasteiger partial charge in [-0.3, -0.25) is 9.59 Å². The van der Waals surface area contributed by atoms with Crippen molar-refractivity contribution in [2.75, 3.05) is 13.1 Å².